The summed E-state index contributed by atoms with van der Waals surface area (Å²) in [6, 6.07) is 58.1. The summed E-state index contributed by atoms with van der Waals surface area (Å²) in [6.45, 7) is 9.55. The van der Waals surface area contributed by atoms with Crippen molar-refractivity contribution < 1.29 is 0 Å². The van der Waals surface area contributed by atoms with E-state index in [0.717, 1.165) is 0 Å². The number of rotatable bonds is 4. The summed E-state index contributed by atoms with van der Waals surface area (Å²) in [5.74, 6) is 0. The third-order valence-corrected chi connectivity index (χ3v) is 14.1. The molecule has 268 valence electrons. The monoisotopic (exact) mass is 709 g/mol. The fourth-order valence-electron chi connectivity index (χ4n) is 11.4. The third kappa shape index (κ3) is 4.47. The zero-order valence-electron chi connectivity index (χ0n) is 32.4. The SMILES string of the molecule is CC1(C)c2ccccc2-c2ccc(N(c3ccc4c(c3)C3(CCCCC3)c3ccccc3-4)c3ccccc3-c3cccc4c3-c3ccccc3C4(C)C)cc21. The van der Waals surface area contributed by atoms with E-state index >= 15 is 0 Å². The molecule has 0 radical (unpaired) electrons. The van der Waals surface area contributed by atoms with Crippen LogP contribution in [0.2, 0.25) is 0 Å². The molecule has 7 aromatic carbocycles. The van der Waals surface area contributed by atoms with Crippen molar-refractivity contribution >= 4 is 17.1 Å². The molecule has 0 bridgehead atoms. The summed E-state index contributed by atoms with van der Waals surface area (Å²) in [4.78, 5) is 2.58. The molecule has 1 fully saturated rings. The Morgan fingerprint density at radius 3 is 1.55 bits per heavy atom. The van der Waals surface area contributed by atoms with Gasteiger partial charge in [-0.1, -0.05) is 168 Å². The normalized spacial score (nSPS) is 17.2. The van der Waals surface area contributed by atoms with E-state index in [2.05, 4.69) is 184 Å². The first-order valence-electron chi connectivity index (χ1n) is 20.4. The minimum Gasteiger partial charge on any atom is -0.310 e. The molecule has 0 atom stereocenters. The van der Waals surface area contributed by atoms with Crippen molar-refractivity contribution in [1.82, 2.24) is 0 Å². The number of hydrogen-bond donors (Lipinski definition) is 0. The van der Waals surface area contributed by atoms with E-state index in [4.69, 9.17) is 0 Å². The van der Waals surface area contributed by atoms with Crippen molar-refractivity contribution in [3.8, 4) is 44.5 Å². The summed E-state index contributed by atoms with van der Waals surface area (Å²) in [5, 5.41) is 0. The molecule has 7 aromatic rings. The van der Waals surface area contributed by atoms with Crippen molar-refractivity contribution in [3.05, 3.63) is 185 Å². The van der Waals surface area contributed by atoms with Crippen LogP contribution in [0.5, 0.6) is 0 Å². The number of benzene rings is 7. The lowest BCUT2D eigenvalue weighted by atomic mass is 9.68. The van der Waals surface area contributed by atoms with Gasteiger partial charge in [0.05, 0.1) is 5.69 Å². The van der Waals surface area contributed by atoms with E-state index in [9.17, 15) is 0 Å². The average molecular weight is 710 g/mol. The fourth-order valence-corrected chi connectivity index (χ4v) is 11.4. The Hall–Kier alpha value is -5.66. The highest BCUT2D eigenvalue weighted by atomic mass is 15.1. The second-order valence-corrected chi connectivity index (χ2v) is 17.6. The molecule has 1 saturated carbocycles. The maximum Gasteiger partial charge on any atom is 0.0540 e. The van der Waals surface area contributed by atoms with Gasteiger partial charge in [0.2, 0.25) is 0 Å². The number of hydrogen-bond acceptors (Lipinski definition) is 1. The van der Waals surface area contributed by atoms with Crippen LogP contribution in [0.15, 0.2) is 152 Å². The highest BCUT2D eigenvalue weighted by Crippen LogP contribution is 2.59. The minimum absolute atomic E-state index is 0.0690. The molecule has 0 N–H and O–H groups in total. The van der Waals surface area contributed by atoms with Gasteiger partial charge < -0.3 is 4.90 Å². The molecule has 1 nitrogen and oxygen atoms in total. The number of anilines is 3. The molecule has 55 heavy (non-hydrogen) atoms. The Morgan fingerprint density at radius 2 is 0.836 bits per heavy atom. The largest absolute Gasteiger partial charge is 0.310 e. The van der Waals surface area contributed by atoms with Crippen LogP contribution in [0.4, 0.5) is 17.1 Å². The summed E-state index contributed by atoms with van der Waals surface area (Å²) in [7, 11) is 0. The lowest BCUT2D eigenvalue weighted by Crippen LogP contribution is -2.28. The highest BCUT2D eigenvalue weighted by molar-refractivity contribution is 5.99. The third-order valence-electron chi connectivity index (χ3n) is 14.1. The quantitative estimate of drug-likeness (QED) is 0.176. The first-order valence-corrected chi connectivity index (χ1v) is 20.4. The van der Waals surface area contributed by atoms with Gasteiger partial charge >= 0.3 is 0 Å². The Labute approximate surface area is 326 Å². The summed E-state index contributed by atoms with van der Waals surface area (Å²) in [5.41, 5.74) is 23.0. The molecule has 0 saturated heterocycles. The first-order chi connectivity index (χ1) is 26.8. The number of fused-ring (bicyclic) bond motifs is 11. The topological polar surface area (TPSA) is 3.24 Å². The Kier molecular flexibility index (Phi) is 6.95. The molecule has 0 heterocycles. The summed E-state index contributed by atoms with van der Waals surface area (Å²) >= 11 is 0. The highest BCUT2D eigenvalue weighted by Gasteiger charge is 2.44. The maximum absolute atomic E-state index is 2.58. The molecule has 4 aliphatic carbocycles. The maximum atomic E-state index is 2.58. The van der Waals surface area contributed by atoms with Crippen LogP contribution < -0.4 is 4.90 Å². The minimum atomic E-state index is -0.103. The van der Waals surface area contributed by atoms with E-state index in [1.807, 2.05) is 0 Å². The Morgan fingerprint density at radius 1 is 0.364 bits per heavy atom. The van der Waals surface area contributed by atoms with Crippen molar-refractivity contribution in [1.29, 1.82) is 0 Å². The molecular formula is C54H47N. The van der Waals surface area contributed by atoms with Gasteiger partial charge in [0.1, 0.15) is 0 Å². The van der Waals surface area contributed by atoms with Crippen molar-refractivity contribution in [3.63, 3.8) is 0 Å². The molecule has 0 amide bonds. The van der Waals surface area contributed by atoms with Gasteiger partial charge in [-0.05, 0) is 115 Å². The van der Waals surface area contributed by atoms with Gasteiger partial charge in [0, 0.05) is 33.2 Å². The number of para-hydroxylation sites is 1. The second-order valence-electron chi connectivity index (χ2n) is 17.6. The Bertz CT molecular complexity index is 2700. The van der Waals surface area contributed by atoms with Crippen LogP contribution in [0, 0.1) is 0 Å². The lowest BCUT2D eigenvalue weighted by molar-refractivity contribution is 0.353. The van der Waals surface area contributed by atoms with Gasteiger partial charge in [-0.25, -0.2) is 0 Å². The van der Waals surface area contributed by atoms with Gasteiger partial charge in [-0.2, -0.15) is 0 Å². The van der Waals surface area contributed by atoms with Crippen molar-refractivity contribution in [2.75, 3.05) is 4.90 Å². The second kappa shape index (κ2) is 11.7. The molecular weight excluding hydrogens is 663 g/mol. The zero-order valence-corrected chi connectivity index (χ0v) is 32.4. The van der Waals surface area contributed by atoms with Gasteiger partial charge in [-0.15, -0.1) is 0 Å². The smallest absolute Gasteiger partial charge is 0.0540 e. The van der Waals surface area contributed by atoms with Crippen LogP contribution in [0.3, 0.4) is 0 Å². The van der Waals surface area contributed by atoms with Crippen molar-refractivity contribution in [2.45, 2.75) is 76.0 Å². The molecule has 0 aliphatic heterocycles. The standard InChI is InChI=1S/C54H47N/c1-52(2)45-23-11-8-20-43(45)51-42(21-16-25-47(51)52)41-19-9-13-26-50(41)55(35-27-29-39-37-17-6-10-22-44(37)53(3,4)48(39)33-35)36-28-30-40-38-18-7-12-24-46(38)54(49(40)34-36)31-14-5-15-32-54/h6-13,16-30,33-34H,5,14-15,31-32H2,1-4H3. The van der Waals surface area contributed by atoms with Gasteiger partial charge in [-0.3, -0.25) is 0 Å². The lowest BCUT2D eigenvalue weighted by Gasteiger charge is -2.37. The molecule has 1 spiro atoms. The fraction of sp³-hybridized carbons (Fsp3) is 0.222. The van der Waals surface area contributed by atoms with Crippen LogP contribution >= 0.6 is 0 Å². The van der Waals surface area contributed by atoms with Crippen LogP contribution in [0.1, 0.15) is 93.2 Å². The van der Waals surface area contributed by atoms with E-state index in [0.29, 0.717) is 0 Å². The van der Waals surface area contributed by atoms with Gasteiger partial charge in [0.25, 0.3) is 0 Å². The summed E-state index contributed by atoms with van der Waals surface area (Å²) < 4.78 is 0. The van der Waals surface area contributed by atoms with Crippen LogP contribution in [0.25, 0.3) is 44.5 Å². The van der Waals surface area contributed by atoms with E-state index in [-0.39, 0.29) is 16.2 Å². The molecule has 0 unspecified atom stereocenters. The van der Waals surface area contributed by atoms with E-state index in [1.54, 1.807) is 0 Å². The summed E-state index contributed by atoms with van der Waals surface area (Å²) in [6.07, 6.45) is 6.32. The number of nitrogens with zero attached hydrogens (tertiary/aromatic N) is 1. The molecule has 1 heteroatoms. The molecule has 4 aliphatic rings. The molecule has 0 aromatic heterocycles. The zero-order chi connectivity index (χ0) is 37.1. The first kappa shape index (κ1) is 32.7. The predicted molar refractivity (Wildman–Crippen MR) is 231 cm³/mol. The van der Waals surface area contributed by atoms with Crippen LogP contribution in [-0.2, 0) is 16.2 Å². The Balaban J connectivity index is 1.16. The van der Waals surface area contributed by atoms with Gasteiger partial charge in [0.15, 0.2) is 0 Å². The van der Waals surface area contributed by atoms with Crippen molar-refractivity contribution in [2.24, 2.45) is 0 Å². The van der Waals surface area contributed by atoms with E-state index < -0.39 is 0 Å². The molecule has 11 rings (SSSR count). The predicted octanol–water partition coefficient (Wildman–Crippen LogP) is 14.7. The van der Waals surface area contributed by atoms with E-state index in [1.165, 1.54) is 127 Å². The van der Waals surface area contributed by atoms with Crippen LogP contribution in [-0.4, -0.2) is 0 Å². The average Bonchev–Trinajstić information content (AvgIpc) is 3.72.